The van der Waals surface area contributed by atoms with Gasteiger partial charge in [-0.2, -0.15) is 0 Å². The van der Waals surface area contributed by atoms with Crippen molar-refractivity contribution in [3.63, 3.8) is 0 Å². The van der Waals surface area contributed by atoms with E-state index in [2.05, 4.69) is 40.2 Å². The molecule has 3 rings (SSSR count). The van der Waals surface area contributed by atoms with E-state index in [9.17, 15) is 5.11 Å². The van der Waals surface area contributed by atoms with Crippen LogP contribution in [0.4, 0.5) is 0 Å². The molecule has 0 bridgehead atoms. The highest BCUT2D eigenvalue weighted by molar-refractivity contribution is 9.10. The molecular formula is C18H21BrO2. The van der Waals surface area contributed by atoms with Gasteiger partial charge in [0.2, 0.25) is 0 Å². The van der Waals surface area contributed by atoms with Crippen molar-refractivity contribution >= 4 is 26.7 Å². The Balaban J connectivity index is 1.61. The average molecular weight is 349 g/mol. The van der Waals surface area contributed by atoms with Crippen molar-refractivity contribution in [3.05, 3.63) is 46.4 Å². The van der Waals surface area contributed by atoms with E-state index in [1.807, 2.05) is 12.1 Å². The second kappa shape index (κ2) is 6.91. The number of hydrogen-bond donors (Lipinski definition) is 1. The van der Waals surface area contributed by atoms with Crippen LogP contribution in [0.5, 0.6) is 0 Å². The fourth-order valence-electron chi connectivity index (χ4n) is 3.02. The van der Waals surface area contributed by atoms with Gasteiger partial charge in [-0.05, 0) is 66.6 Å². The van der Waals surface area contributed by atoms with Crippen LogP contribution < -0.4 is 0 Å². The summed E-state index contributed by atoms with van der Waals surface area (Å²) < 4.78 is 6.71. The molecule has 0 saturated carbocycles. The summed E-state index contributed by atoms with van der Waals surface area (Å²) in [6.07, 6.45) is 5.31. The molecule has 0 aromatic heterocycles. The van der Waals surface area contributed by atoms with E-state index in [4.69, 9.17) is 4.74 Å². The summed E-state index contributed by atoms with van der Waals surface area (Å²) >= 11 is 3.49. The van der Waals surface area contributed by atoms with Crippen LogP contribution >= 0.6 is 15.9 Å². The van der Waals surface area contributed by atoms with Gasteiger partial charge in [0.25, 0.3) is 0 Å². The van der Waals surface area contributed by atoms with Crippen LogP contribution in [0.15, 0.2) is 40.9 Å². The number of fused-ring (bicyclic) bond motifs is 1. The van der Waals surface area contributed by atoms with E-state index in [-0.39, 0.29) is 6.10 Å². The van der Waals surface area contributed by atoms with Gasteiger partial charge in [-0.15, -0.1) is 0 Å². The molecule has 0 radical (unpaired) electrons. The molecule has 1 N–H and O–H groups in total. The zero-order chi connectivity index (χ0) is 14.7. The van der Waals surface area contributed by atoms with E-state index < -0.39 is 0 Å². The van der Waals surface area contributed by atoms with Crippen LogP contribution in [-0.4, -0.2) is 17.8 Å². The summed E-state index contributed by atoms with van der Waals surface area (Å²) in [5.74, 6) is 0. The number of aliphatic hydroxyl groups excluding tert-OH is 1. The molecule has 2 atom stereocenters. The maximum atomic E-state index is 10.4. The molecule has 3 heteroatoms. The number of aliphatic hydroxyl groups is 1. The minimum Gasteiger partial charge on any atom is -0.388 e. The molecule has 21 heavy (non-hydrogen) atoms. The first-order valence-corrected chi connectivity index (χ1v) is 8.50. The third-order valence-corrected chi connectivity index (χ3v) is 4.73. The third kappa shape index (κ3) is 3.85. The first-order valence-electron chi connectivity index (χ1n) is 7.71. The molecule has 2 aromatic carbocycles. The van der Waals surface area contributed by atoms with E-state index in [1.54, 1.807) is 0 Å². The molecule has 0 aliphatic carbocycles. The first-order chi connectivity index (χ1) is 10.2. The largest absolute Gasteiger partial charge is 0.388 e. The van der Waals surface area contributed by atoms with E-state index in [0.717, 1.165) is 35.9 Å². The molecule has 2 nitrogen and oxygen atoms in total. The molecule has 1 saturated heterocycles. The van der Waals surface area contributed by atoms with Gasteiger partial charge in [-0.3, -0.25) is 0 Å². The predicted octanol–water partition coefficient (Wildman–Crippen LogP) is 4.99. The molecule has 0 amide bonds. The lowest BCUT2D eigenvalue weighted by Crippen LogP contribution is -2.06. The van der Waals surface area contributed by atoms with Crippen LogP contribution in [-0.2, 0) is 4.74 Å². The van der Waals surface area contributed by atoms with E-state index >= 15 is 0 Å². The zero-order valence-corrected chi connectivity index (χ0v) is 13.7. The Hall–Kier alpha value is -0.900. The molecule has 1 fully saturated rings. The van der Waals surface area contributed by atoms with Crippen molar-refractivity contribution in [3.8, 4) is 0 Å². The standard InChI is InChI=1S/C18H21BrO2/c19-16-9-8-13-11-15(7-6-14(13)12-16)18(20)5-1-3-17-4-2-10-21-17/h6-9,11-12,17-18,20H,1-5,10H2. The summed E-state index contributed by atoms with van der Waals surface area (Å²) in [6.45, 7) is 0.910. The Bertz CT molecular complexity index is 605. The van der Waals surface area contributed by atoms with Crippen LogP contribution in [0.1, 0.15) is 43.8 Å². The lowest BCUT2D eigenvalue weighted by Gasteiger charge is -2.14. The van der Waals surface area contributed by atoms with Crippen molar-refractivity contribution in [2.24, 2.45) is 0 Å². The van der Waals surface area contributed by atoms with Crippen molar-refractivity contribution < 1.29 is 9.84 Å². The molecule has 0 spiro atoms. The van der Waals surface area contributed by atoms with Crippen molar-refractivity contribution in [1.82, 2.24) is 0 Å². The lowest BCUT2D eigenvalue weighted by molar-refractivity contribution is 0.0945. The molecule has 2 aromatic rings. The molecule has 2 unspecified atom stereocenters. The summed E-state index contributed by atoms with van der Waals surface area (Å²) in [6, 6.07) is 12.4. The van der Waals surface area contributed by atoms with Gasteiger partial charge in [0.1, 0.15) is 0 Å². The Kier molecular flexibility index (Phi) is 4.94. The van der Waals surface area contributed by atoms with Crippen molar-refractivity contribution in [2.45, 2.75) is 44.3 Å². The average Bonchev–Trinajstić information content (AvgIpc) is 3.00. The van der Waals surface area contributed by atoms with Crippen molar-refractivity contribution in [1.29, 1.82) is 0 Å². The van der Waals surface area contributed by atoms with E-state index in [0.29, 0.717) is 6.10 Å². The summed E-state index contributed by atoms with van der Waals surface area (Å²) in [5, 5.41) is 12.7. The topological polar surface area (TPSA) is 29.5 Å². The SMILES string of the molecule is OC(CCCC1CCCO1)c1ccc2cc(Br)ccc2c1. The van der Waals surface area contributed by atoms with Crippen molar-refractivity contribution in [2.75, 3.05) is 6.61 Å². The van der Waals surface area contributed by atoms with Gasteiger partial charge in [-0.1, -0.05) is 34.1 Å². The van der Waals surface area contributed by atoms with Crippen LogP contribution in [0, 0.1) is 0 Å². The fraction of sp³-hybridized carbons (Fsp3) is 0.444. The normalized spacial score (nSPS) is 20.0. The quantitative estimate of drug-likeness (QED) is 0.824. The highest BCUT2D eigenvalue weighted by Crippen LogP contribution is 2.27. The number of hydrogen-bond acceptors (Lipinski definition) is 2. The second-order valence-electron chi connectivity index (χ2n) is 5.83. The second-order valence-corrected chi connectivity index (χ2v) is 6.75. The first kappa shape index (κ1) is 15.0. The summed E-state index contributed by atoms with van der Waals surface area (Å²) in [7, 11) is 0. The van der Waals surface area contributed by atoms with Gasteiger partial charge in [-0.25, -0.2) is 0 Å². The highest BCUT2D eigenvalue weighted by atomic mass is 79.9. The molecule has 1 aliphatic heterocycles. The predicted molar refractivity (Wildman–Crippen MR) is 89.4 cm³/mol. The zero-order valence-electron chi connectivity index (χ0n) is 12.1. The number of rotatable bonds is 5. The van der Waals surface area contributed by atoms with Crippen LogP contribution in [0.3, 0.4) is 0 Å². The number of halogens is 1. The fourth-order valence-corrected chi connectivity index (χ4v) is 3.40. The minimum absolute atomic E-state index is 0.376. The summed E-state index contributed by atoms with van der Waals surface area (Å²) in [5.41, 5.74) is 1.01. The number of ether oxygens (including phenoxy) is 1. The monoisotopic (exact) mass is 348 g/mol. The molecular weight excluding hydrogens is 328 g/mol. The maximum absolute atomic E-state index is 10.4. The Morgan fingerprint density at radius 1 is 1.19 bits per heavy atom. The smallest absolute Gasteiger partial charge is 0.0790 e. The Morgan fingerprint density at radius 3 is 2.81 bits per heavy atom. The lowest BCUT2D eigenvalue weighted by atomic mass is 9.99. The Morgan fingerprint density at radius 2 is 2.00 bits per heavy atom. The van der Waals surface area contributed by atoms with Gasteiger partial charge >= 0.3 is 0 Å². The highest BCUT2D eigenvalue weighted by Gasteiger charge is 2.16. The maximum Gasteiger partial charge on any atom is 0.0790 e. The van der Waals surface area contributed by atoms with Gasteiger partial charge in [0, 0.05) is 11.1 Å². The van der Waals surface area contributed by atoms with Crippen LogP contribution in [0.2, 0.25) is 0 Å². The number of benzene rings is 2. The molecule has 1 heterocycles. The van der Waals surface area contributed by atoms with Gasteiger partial charge < -0.3 is 9.84 Å². The van der Waals surface area contributed by atoms with Crippen LogP contribution in [0.25, 0.3) is 10.8 Å². The van der Waals surface area contributed by atoms with Gasteiger partial charge in [0.15, 0.2) is 0 Å². The molecule has 1 aliphatic rings. The Labute approximate surface area is 134 Å². The van der Waals surface area contributed by atoms with E-state index in [1.165, 1.54) is 23.6 Å². The molecule has 112 valence electrons. The minimum atomic E-state index is -0.376. The summed E-state index contributed by atoms with van der Waals surface area (Å²) in [4.78, 5) is 0. The van der Waals surface area contributed by atoms with Gasteiger partial charge in [0.05, 0.1) is 12.2 Å². The third-order valence-electron chi connectivity index (χ3n) is 4.24.